The lowest BCUT2D eigenvalue weighted by atomic mass is 9.96. The van der Waals surface area contributed by atoms with Crippen molar-refractivity contribution in [3.05, 3.63) is 50.9 Å². The van der Waals surface area contributed by atoms with Gasteiger partial charge in [-0.25, -0.2) is 10.1 Å². The number of nitriles is 1. The molecule has 1 aliphatic carbocycles. The second-order valence-corrected chi connectivity index (χ2v) is 9.39. The van der Waals surface area contributed by atoms with E-state index < -0.39 is 0 Å². The van der Waals surface area contributed by atoms with Gasteiger partial charge in [-0.15, -0.1) is 21.5 Å². The van der Waals surface area contributed by atoms with E-state index in [2.05, 4.69) is 32.1 Å². The summed E-state index contributed by atoms with van der Waals surface area (Å²) in [6.45, 7) is 0. The molecule has 0 bridgehead atoms. The number of thiophene rings is 1. The van der Waals surface area contributed by atoms with E-state index in [1.165, 1.54) is 20.9 Å². The van der Waals surface area contributed by atoms with E-state index in [0.717, 1.165) is 48.6 Å². The minimum absolute atomic E-state index is 0.0751. The largest absolute Gasteiger partial charge is 0.334 e. The Bertz CT molecular complexity index is 1210. The summed E-state index contributed by atoms with van der Waals surface area (Å²) in [7, 11) is 0. The van der Waals surface area contributed by atoms with Crippen molar-refractivity contribution in [2.24, 2.45) is 5.10 Å². The molecule has 0 saturated carbocycles. The van der Waals surface area contributed by atoms with Crippen molar-refractivity contribution >= 4 is 57.8 Å². The maximum atomic E-state index is 12.5. The van der Waals surface area contributed by atoms with Crippen LogP contribution in [0.25, 0.3) is 0 Å². The summed E-state index contributed by atoms with van der Waals surface area (Å²) in [5, 5.41) is 25.9. The number of rotatable bonds is 7. The molecule has 32 heavy (non-hydrogen) atoms. The van der Waals surface area contributed by atoms with E-state index in [-0.39, 0.29) is 17.6 Å². The van der Waals surface area contributed by atoms with Crippen LogP contribution in [0.5, 0.6) is 0 Å². The zero-order chi connectivity index (χ0) is 22.5. The van der Waals surface area contributed by atoms with Gasteiger partial charge >= 0.3 is 0 Å². The standard InChI is InChI=1S/C20H19ClN8OS2/c21-15-7-3-1-5-12(15)10-24-26-19-27-28-20(29(19)23)31-11-17(30)25-18-14(9-22)13-6-2-4-8-16(13)32-18/h1,3,5,7,10H,2,4,6,8,11,23H2,(H,25,30)(H,26,27)/b24-10+. The summed E-state index contributed by atoms with van der Waals surface area (Å²) in [6, 6.07) is 9.51. The number of hydrogen-bond acceptors (Lipinski definition) is 9. The predicted molar refractivity (Wildman–Crippen MR) is 128 cm³/mol. The fourth-order valence-electron chi connectivity index (χ4n) is 3.26. The van der Waals surface area contributed by atoms with Crippen molar-refractivity contribution in [2.45, 2.75) is 30.8 Å². The normalized spacial score (nSPS) is 13.0. The lowest BCUT2D eigenvalue weighted by Crippen LogP contribution is -2.17. The first-order valence-corrected chi connectivity index (χ1v) is 12.0. The third-order valence-corrected chi connectivity index (χ3v) is 7.30. The maximum absolute atomic E-state index is 12.5. The highest BCUT2D eigenvalue weighted by atomic mass is 35.5. The molecule has 0 saturated heterocycles. The zero-order valence-electron chi connectivity index (χ0n) is 16.8. The number of thioether (sulfide) groups is 1. The zero-order valence-corrected chi connectivity index (χ0v) is 19.2. The number of nitrogens with one attached hydrogen (secondary N) is 2. The molecule has 2 heterocycles. The fraction of sp³-hybridized carbons (Fsp3) is 0.250. The molecule has 1 aliphatic rings. The lowest BCUT2D eigenvalue weighted by molar-refractivity contribution is -0.113. The third kappa shape index (κ3) is 4.88. The summed E-state index contributed by atoms with van der Waals surface area (Å²) in [5.74, 6) is 6.05. The highest BCUT2D eigenvalue weighted by Crippen LogP contribution is 2.37. The van der Waals surface area contributed by atoms with Crippen LogP contribution in [0.3, 0.4) is 0 Å². The molecule has 0 unspecified atom stereocenters. The van der Waals surface area contributed by atoms with Gasteiger partial charge in [-0.05, 0) is 37.3 Å². The number of nitrogens with two attached hydrogens (primary N) is 1. The number of carbonyl (C=O) groups excluding carboxylic acids is 1. The van der Waals surface area contributed by atoms with Gasteiger partial charge < -0.3 is 11.2 Å². The Balaban J connectivity index is 1.34. The Morgan fingerprint density at radius 1 is 1.38 bits per heavy atom. The average molecular weight is 487 g/mol. The van der Waals surface area contributed by atoms with Gasteiger partial charge in [0.1, 0.15) is 11.1 Å². The number of aromatic nitrogens is 3. The molecule has 1 amide bonds. The number of amides is 1. The van der Waals surface area contributed by atoms with Gasteiger partial charge in [-0.1, -0.05) is 41.6 Å². The molecule has 0 fully saturated rings. The average Bonchev–Trinajstić information content (AvgIpc) is 3.33. The van der Waals surface area contributed by atoms with Crippen LogP contribution in [0.4, 0.5) is 10.9 Å². The Kier molecular flexibility index (Phi) is 6.94. The van der Waals surface area contributed by atoms with E-state index in [1.54, 1.807) is 12.3 Å². The summed E-state index contributed by atoms with van der Waals surface area (Å²) in [4.78, 5) is 13.7. The second-order valence-electron chi connectivity index (χ2n) is 6.93. The summed E-state index contributed by atoms with van der Waals surface area (Å²) in [5.41, 5.74) is 5.12. The van der Waals surface area contributed by atoms with Crippen LogP contribution in [0.1, 0.15) is 34.4 Å². The molecule has 4 N–H and O–H groups in total. The van der Waals surface area contributed by atoms with Crippen molar-refractivity contribution in [1.29, 1.82) is 5.26 Å². The minimum Gasteiger partial charge on any atom is -0.334 e. The van der Waals surface area contributed by atoms with Crippen LogP contribution in [-0.2, 0) is 17.6 Å². The molecule has 12 heteroatoms. The number of anilines is 2. The molecule has 1 aromatic carbocycles. The number of aryl methyl sites for hydroxylation is 1. The number of hydrazone groups is 1. The SMILES string of the molecule is N#Cc1c(NC(=O)CSc2nnc(N/N=C/c3ccccc3Cl)n2N)sc2c1CCCC2. The number of nitrogen functional groups attached to an aromatic ring is 1. The molecule has 9 nitrogen and oxygen atoms in total. The van der Waals surface area contributed by atoms with Crippen LogP contribution < -0.4 is 16.6 Å². The summed E-state index contributed by atoms with van der Waals surface area (Å²) < 4.78 is 1.21. The Morgan fingerprint density at radius 2 is 2.19 bits per heavy atom. The molecular formula is C20H19ClN8OS2. The first-order valence-electron chi connectivity index (χ1n) is 9.78. The molecule has 0 spiro atoms. The third-order valence-electron chi connectivity index (χ3n) is 4.81. The number of halogens is 1. The van der Waals surface area contributed by atoms with Gasteiger partial charge in [-0.3, -0.25) is 4.79 Å². The van der Waals surface area contributed by atoms with Crippen LogP contribution in [-0.4, -0.2) is 32.7 Å². The molecule has 0 aliphatic heterocycles. The molecule has 0 atom stereocenters. The van der Waals surface area contributed by atoms with Gasteiger partial charge in [0.05, 0.1) is 17.5 Å². The van der Waals surface area contributed by atoms with Crippen LogP contribution in [0.2, 0.25) is 5.02 Å². The van der Waals surface area contributed by atoms with Crippen molar-refractivity contribution in [3.63, 3.8) is 0 Å². The first kappa shape index (κ1) is 22.1. The monoisotopic (exact) mass is 486 g/mol. The molecule has 3 aromatic rings. The van der Waals surface area contributed by atoms with Crippen LogP contribution >= 0.6 is 34.7 Å². The minimum atomic E-state index is -0.237. The van der Waals surface area contributed by atoms with Crippen LogP contribution in [0.15, 0.2) is 34.5 Å². The Hall–Kier alpha value is -3.07. The van der Waals surface area contributed by atoms with Crippen molar-refractivity contribution < 1.29 is 4.79 Å². The quantitative estimate of drug-likeness (QED) is 0.201. The van der Waals surface area contributed by atoms with Crippen molar-refractivity contribution in [2.75, 3.05) is 22.3 Å². The molecule has 2 aromatic heterocycles. The van der Waals surface area contributed by atoms with Crippen molar-refractivity contribution in [1.82, 2.24) is 14.9 Å². The number of benzene rings is 1. The second kappa shape index (κ2) is 10.0. The topological polar surface area (TPSA) is 134 Å². The van der Waals surface area contributed by atoms with Crippen LogP contribution in [0, 0.1) is 11.3 Å². The molecule has 0 radical (unpaired) electrons. The van der Waals surface area contributed by atoms with Crippen molar-refractivity contribution in [3.8, 4) is 6.07 Å². The van der Waals surface area contributed by atoms with E-state index in [1.807, 2.05) is 18.2 Å². The van der Waals surface area contributed by atoms with E-state index in [0.29, 0.717) is 20.7 Å². The van der Waals surface area contributed by atoms with Gasteiger partial charge in [0.25, 0.3) is 5.95 Å². The number of nitrogens with zero attached hydrogens (tertiary/aromatic N) is 5. The fourth-order valence-corrected chi connectivity index (χ4v) is 5.35. The van der Waals surface area contributed by atoms with Gasteiger partial charge in [0.2, 0.25) is 11.1 Å². The Labute approximate surface area is 197 Å². The van der Waals surface area contributed by atoms with Gasteiger partial charge in [-0.2, -0.15) is 10.4 Å². The number of carbonyl (C=O) groups is 1. The van der Waals surface area contributed by atoms with E-state index >= 15 is 0 Å². The summed E-state index contributed by atoms with van der Waals surface area (Å²) >= 11 is 8.72. The number of hydrogen-bond donors (Lipinski definition) is 3. The Morgan fingerprint density at radius 3 is 3.00 bits per heavy atom. The highest BCUT2D eigenvalue weighted by molar-refractivity contribution is 7.99. The summed E-state index contributed by atoms with van der Waals surface area (Å²) in [6.07, 6.45) is 5.60. The molecule has 4 rings (SSSR count). The lowest BCUT2D eigenvalue weighted by Gasteiger charge is -2.09. The number of fused-ring (bicyclic) bond motifs is 1. The van der Waals surface area contributed by atoms with E-state index in [4.69, 9.17) is 17.4 Å². The van der Waals surface area contributed by atoms with E-state index in [9.17, 15) is 10.1 Å². The van der Waals surface area contributed by atoms with Gasteiger partial charge in [0, 0.05) is 15.5 Å². The van der Waals surface area contributed by atoms with Gasteiger partial charge in [0.15, 0.2) is 0 Å². The molecular weight excluding hydrogens is 468 g/mol. The predicted octanol–water partition coefficient (Wildman–Crippen LogP) is 3.63. The smallest absolute Gasteiger partial charge is 0.264 e. The first-order chi connectivity index (χ1) is 15.6. The molecule has 164 valence electrons. The maximum Gasteiger partial charge on any atom is 0.264 e. The highest BCUT2D eigenvalue weighted by Gasteiger charge is 2.22.